The number of hydrogen-bond acceptors (Lipinski definition) is 6. The summed E-state index contributed by atoms with van der Waals surface area (Å²) >= 11 is 1.27. The fraction of sp³-hybridized carbons (Fsp3) is 0.188. The molecule has 2 heterocycles. The molecule has 2 aromatic heterocycles. The topological polar surface area (TPSA) is 80.4 Å². The molecule has 0 atom stereocenters. The van der Waals surface area contributed by atoms with Gasteiger partial charge in [0.1, 0.15) is 12.4 Å². The van der Waals surface area contributed by atoms with E-state index >= 15 is 0 Å². The Morgan fingerprint density at radius 3 is 2.54 bits per heavy atom. The predicted molar refractivity (Wildman–Crippen MR) is 88.1 cm³/mol. The highest BCUT2D eigenvalue weighted by Gasteiger charge is 2.17. The summed E-state index contributed by atoms with van der Waals surface area (Å²) in [6, 6.07) is 7.64. The number of thiophene rings is 1. The second kappa shape index (κ2) is 6.46. The van der Waals surface area contributed by atoms with Gasteiger partial charge >= 0.3 is 0 Å². The van der Waals surface area contributed by atoms with Crippen LogP contribution in [0, 0.1) is 5.82 Å². The molecule has 1 N–H and O–H groups in total. The van der Waals surface area contributed by atoms with Crippen molar-refractivity contribution in [2.24, 2.45) is 0 Å². The smallest absolute Gasteiger partial charge is 0.220 e. The Morgan fingerprint density at radius 2 is 2.00 bits per heavy atom. The van der Waals surface area contributed by atoms with Crippen molar-refractivity contribution in [3.63, 3.8) is 0 Å². The van der Waals surface area contributed by atoms with Gasteiger partial charge in [-0.05, 0) is 30.3 Å². The Hall–Kier alpha value is -2.03. The Morgan fingerprint density at radius 1 is 1.29 bits per heavy atom. The molecule has 0 saturated heterocycles. The summed E-state index contributed by atoms with van der Waals surface area (Å²) in [5, 5.41) is 10.7. The third-order valence-electron chi connectivity index (χ3n) is 3.38. The first-order chi connectivity index (χ1) is 11.4. The fourth-order valence-electron chi connectivity index (χ4n) is 2.28. The van der Waals surface area contributed by atoms with Crippen LogP contribution in [0.2, 0.25) is 0 Å². The molecule has 0 unspecified atom stereocenters. The number of aliphatic hydroxyl groups excluding tert-OH is 1. The zero-order valence-corrected chi connectivity index (χ0v) is 14.3. The van der Waals surface area contributed by atoms with Crippen LogP contribution in [0.1, 0.15) is 16.5 Å². The molecule has 3 aromatic rings. The van der Waals surface area contributed by atoms with Crippen LogP contribution in [0.5, 0.6) is 0 Å². The summed E-state index contributed by atoms with van der Waals surface area (Å²) in [7, 11) is -3.28. The molecule has 0 saturated carbocycles. The maximum atomic E-state index is 13.2. The number of benzene rings is 1. The number of hydrogen-bond donors (Lipinski definition) is 1. The minimum absolute atomic E-state index is 0.157. The Balaban J connectivity index is 1.99. The van der Waals surface area contributed by atoms with Gasteiger partial charge in [-0.3, -0.25) is 0 Å². The molecule has 3 rings (SSSR count). The van der Waals surface area contributed by atoms with Crippen LogP contribution in [0.25, 0.3) is 11.3 Å². The van der Waals surface area contributed by atoms with E-state index in [-0.39, 0.29) is 23.2 Å². The number of aromatic nitrogens is 1. The lowest BCUT2D eigenvalue weighted by atomic mass is 10.1. The highest BCUT2D eigenvalue weighted by Crippen LogP contribution is 2.29. The minimum Gasteiger partial charge on any atom is -0.438 e. The van der Waals surface area contributed by atoms with E-state index in [1.165, 1.54) is 34.9 Å². The van der Waals surface area contributed by atoms with Crippen molar-refractivity contribution >= 4 is 21.2 Å². The zero-order chi connectivity index (χ0) is 17.3. The number of sulfone groups is 1. The van der Waals surface area contributed by atoms with Crippen molar-refractivity contribution in [3.8, 4) is 11.3 Å². The van der Waals surface area contributed by atoms with E-state index in [9.17, 15) is 17.9 Å². The number of nitrogens with zero attached hydrogens (tertiary/aromatic N) is 1. The molecule has 0 amide bonds. The molecule has 24 heavy (non-hydrogen) atoms. The SMILES string of the molecule is CS(=O)(=O)c1ccc(-c2oc(CO)nc2Cc2cc(F)cs2)cc1. The number of aliphatic hydroxyl groups is 1. The second-order valence-electron chi connectivity index (χ2n) is 5.25. The van der Waals surface area contributed by atoms with Crippen LogP contribution in [-0.2, 0) is 22.9 Å². The van der Waals surface area contributed by atoms with Crippen molar-refractivity contribution in [3.05, 3.63) is 58.0 Å². The zero-order valence-electron chi connectivity index (χ0n) is 12.7. The van der Waals surface area contributed by atoms with Gasteiger partial charge < -0.3 is 9.52 Å². The van der Waals surface area contributed by atoms with Crippen molar-refractivity contribution in [2.45, 2.75) is 17.9 Å². The van der Waals surface area contributed by atoms with Crippen molar-refractivity contribution in [2.75, 3.05) is 6.26 Å². The van der Waals surface area contributed by atoms with E-state index in [1.807, 2.05) is 0 Å². The van der Waals surface area contributed by atoms with Crippen LogP contribution in [0.3, 0.4) is 0 Å². The van der Waals surface area contributed by atoms with E-state index in [0.717, 1.165) is 11.1 Å². The normalized spacial score (nSPS) is 11.8. The average Bonchev–Trinajstić information content (AvgIpc) is 3.13. The third kappa shape index (κ3) is 3.55. The summed E-state index contributed by atoms with van der Waals surface area (Å²) in [5.41, 5.74) is 1.20. The molecule has 0 aliphatic heterocycles. The molecular weight excluding hydrogens is 353 g/mol. The van der Waals surface area contributed by atoms with Gasteiger partial charge in [0, 0.05) is 28.5 Å². The first-order valence-corrected chi connectivity index (χ1v) is 9.77. The molecular formula is C16H14FNO4S2. The van der Waals surface area contributed by atoms with Crippen LogP contribution in [0.15, 0.2) is 45.0 Å². The number of rotatable bonds is 5. The van der Waals surface area contributed by atoms with Gasteiger partial charge in [0.15, 0.2) is 15.6 Å². The lowest BCUT2D eigenvalue weighted by molar-refractivity contribution is 0.241. The second-order valence-corrected chi connectivity index (χ2v) is 8.26. The Bertz CT molecular complexity index is 958. The fourth-order valence-corrected chi connectivity index (χ4v) is 3.64. The molecule has 0 aliphatic rings. The molecule has 0 spiro atoms. The van der Waals surface area contributed by atoms with Crippen molar-refractivity contribution in [1.29, 1.82) is 0 Å². The molecule has 0 fully saturated rings. The summed E-state index contributed by atoms with van der Waals surface area (Å²) in [5.74, 6) is 0.289. The van der Waals surface area contributed by atoms with Crippen molar-refractivity contribution < 1.29 is 22.3 Å². The van der Waals surface area contributed by atoms with Crippen LogP contribution >= 0.6 is 11.3 Å². The Labute approximate surface area is 142 Å². The standard InChI is InChI=1S/C16H14FNO4S2/c1-24(20,21)13-4-2-10(3-5-13)16-14(18-15(8-19)22-16)7-12-6-11(17)9-23-12/h2-6,9,19H,7-8H2,1H3. The van der Waals surface area contributed by atoms with E-state index in [4.69, 9.17) is 4.42 Å². The average molecular weight is 367 g/mol. The Kier molecular flexibility index (Phi) is 4.53. The van der Waals surface area contributed by atoms with Crippen LogP contribution in [0.4, 0.5) is 4.39 Å². The van der Waals surface area contributed by atoms with Gasteiger partial charge in [-0.25, -0.2) is 17.8 Å². The molecule has 0 bridgehead atoms. The van der Waals surface area contributed by atoms with E-state index < -0.39 is 9.84 Å². The number of oxazole rings is 1. The van der Waals surface area contributed by atoms with E-state index in [2.05, 4.69) is 4.98 Å². The van der Waals surface area contributed by atoms with Gasteiger partial charge in [0.2, 0.25) is 5.89 Å². The van der Waals surface area contributed by atoms with Gasteiger partial charge in [0.05, 0.1) is 10.6 Å². The first kappa shape index (κ1) is 16.8. The third-order valence-corrected chi connectivity index (χ3v) is 5.42. The van der Waals surface area contributed by atoms with Crippen LogP contribution in [-0.4, -0.2) is 24.8 Å². The van der Waals surface area contributed by atoms with Gasteiger partial charge in [0.25, 0.3) is 0 Å². The molecule has 5 nitrogen and oxygen atoms in total. The van der Waals surface area contributed by atoms with Crippen molar-refractivity contribution in [1.82, 2.24) is 4.98 Å². The minimum atomic E-state index is -3.28. The highest BCUT2D eigenvalue weighted by atomic mass is 32.2. The summed E-state index contributed by atoms with van der Waals surface area (Å²) in [6.07, 6.45) is 1.50. The van der Waals surface area contributed by atoms with Gasteiger partial charge in [-0.1, -0.05) is 0 Å². The summed E-state index contributed by atoms with van der Waals surface area (Å²) < 4.78 is 41.8. The monoisotopic (exact) mass is 367 g/mol. The quantitative estimate of drug-likeness (QED) is 0.750. The molecule has 8 heteroatoms. The highest BCUT2D eigenvalue weighted by molar-refractivity contribution is 7.90. The van der Waals surface area contributed by atoms with E-state index in [1.54, 1.807) is 12.1 Å². The van der Waals surface area contributed by atoms with Gasteiger partial charge in [-0.15, -0.1) is 11.3 Å². The molecule has 1 aromatic carbocycles. The largest absolute Gasteiger partial charge is 0.438 e. The van der Waals surface area contributed by atoms with E-state index in [0.29, 0.717) is 23.4 Å². The molecule has 0 radical (unpaired) electrons. The lowest BCUT2D eigenvalue weighted by Gasteiger charge is -2.02. The predicted octanol–water partition coefficient (Wildman–Crippen LogP) is 3.03. The molecule has 126 valence electrons. The first-order valence-electron chi connectivity index (χ1n) is 6.99. The maximum Gasteiger partial charge on any atom is 0.220 e. The maximum absolute atomic E-state index is 13.2. The molecule has 0 aliphatic carbocycles. The lowest BCUT2D eigenvalue weighted by Crippen LogP contribution is -1.96. The number of halogens is 1. The van der Waals surface area contributed by atoms with Crippen LogP contribution < -0.4 is 0 Å². The van der Waals surface area contributed by atoms with Gasteiger partial charge in [-0.2, -0.15) is 0 Å². The summed E-state index contributed by atoms with van der Waals surface area (Å²) in [4.78, 5) is 5.21. The summed E-state index contributed by atoms with van der Waals surface area (Å²) in [6.45, 7) is -0.354.